The van der Waals surface area contributed by atoms with Crippen molar-refractivity contribution < 1.29 is 19.1 Å². The Bertz CT molecular complexity index is 569. The molecule has 120 valence electrons. The Hall–Kier alpha value is -1.79. The molecule has 1 heterocycles. The molecule has 1 saturated heterocycles. The van der Waals surface area contributed by atoms with E-state index in [0.717, 1.165) is 6.42 Å². The molecule has 7 heteroatoms. The lowest BCUT2D eigenvalue weighted by molar-refractivity contribution is 0.0600. The van der Waals surface area contributed by atoms with Crippen molar-refractivity contribution in [1.82, 2.24) is 4.90 Å². The van der Waals surface area contributed by atoms with Crippen LogP contribution in [0.3, 0.4) is 0 Å². The molecular formula is C15H19ClN2O4. The quantitative estimate of drug-likeness (QED) is 0.848. The van der Waals surface area contributed by atoms with Crippen LogP contribution in [0, 0.1) is 6.92 Å². The Morgan fingerprint density at radius 3 is 2.82 bits per heavy atom. The zero-order chi connectivity index (χ0) is 16.1. The molecule has 6 nitrogen and oxygen atoms in total. The number of carbonyl (C=O) groups excluding carboxylic acids is 2. The summed E-state index contributed by atoms with van der Waals surface area (Å²) in [5, 5.41) is 3.17. The zero-order valence-electron chi connectivity index (χ0n) is 12.6. The number of carbonyl (C=O) groups is 2. The number of rotatable bonds is 2. The van der Waals surface area contributed by atoms with E-state index in [1.165, 1.54) is 7.11 Å². The monoisotopic (exact) mass is 326 g/mol. The standard InChI is InChI=1S/C15H19ClN2O4/c1-10-11(14(19)21-2)4-5-12(16)13(10)17-15(20)18-6-3-8-22-9-7-18/h4-5H,3,6-9H2,1-2H3,(H,17,20). The number of amides is 2. The van der Waals surface area contributed by atoms with Gasteiger partial charge in [0.1, 0.15) is 0 Å². The average molecular weight is 327 g/mol. The number of halogens is 1. The lowest BCUT2D eigenvalue weighted by atomic mass is 10.1. The van der Waals surface area contributed by atoms with E-state index in [9.17, 15) is 9.59 Å². The van der Waals surface area contributed by atoms with Gasteiger partial charge in [-0.2, -0.15) is 0 Å². The van der Waals surface area contributed by atoms with E-state index in [0.29, 0.717) is 48.1 Å². The van der Waals surface area contributed by atoms with E-state index >= 15 is 0 Å². The van der Waals surface area contributed by atoms with Crippen LogP contribution in [0.4, 0.5) is 10.5 Å². The smallest absolute Gasteiger partial charge is 0.338 e. The van der Waals surface area contributed by atoms with Gasteiger partial charge in [0.2, 0.25) is 0 Å². The van der Waals surface area contributed by atoms with Gasteiger partial charge >= 0.3 is 12.0 Å². The molecule has 2 rings (SSSR count). The van der Waals surface area contributed by atoms with Crippen LogP contribution in [-0.2, 0) is 9.47 Å². The fourth-order valence-corrected chi connectivity index (χ4v) is 2.55. The fourth-order valence-electron chi connectivity index (χ4n) is 2.30. The third kappa shape index (κ3) is 3.69. The predicted octanol–water partition coefficient (Wildman–Crippen LogP) is 2.69. The van der Waals surface area contributed by atoms with Crippen molar-refractivity contribution in [2.24, 2.45) is 0 Å². The lowest BCUT2D eigenvalue weighted by Crippen LogP contribution is -2.37. The van der Waals surface area contributed by atoms with Gasteiger partial charge in [-0.1, -0.05) is 11.6 Å². The van der Waals surface area contributed by atoms with Gasteiger partial charge in [0.05, 0.1) is 30.0 Å². The molecule has 1 aliphatic rings. The SMILES string of the molecule is COC(=O)c1ccc(Cl)c(NC(=O)N2CCCOCC2)c1C. The molecule has 1 fully saturated rings. The normalized spacial score (nSPS) is 15.1. The molecule has 2 amide bonds. The maximum absolute atomic E-state index is 12.4. The fraction of sp³-hybridized carbons (Fsp3) is 0.467. The molecule has 22 heavy (non-hydrogen) atoms. The maximum atomic E-state index is 12.4. The highest BCUT2D eigenvalue weighted by Gasteiger charge is 2.20. The van der Waals surface area contributed by atoms with Crippen molar-refractivity contribution in [3.8, 4) is 0 Å². The summed E-state index contributed by atoms with van der Waals surface area (Å²) in [6.45, 7) is 4.04. The minimum atomic E-state index is -0.465. The van der Waals surface area contributed by atoms with Crippen molar-refractivity contribution in [1.29, 1.82) is 0 Å². The van der Waals surface area contributed by atoms with Crippen molar-refractivity contribution in [3.63, 3.8) is 0 Å². The summed E-state index contributed by atoms with van der Waals surface area (Å²) in [6, 6.07) is 2.90. The number of hydrogen-bond acceptors (Lipinski definition) is 4. The van der Waals surface area contributed by atoms with Crippen LogP contribution in [-0.4, -0.2) is 50.3 Å². The maximum Gasteiger partial charge on any atom is 0.338 e. The summed E-state index contributed by atoms with van der Waals surface area (Å²) in [6.07, 6.45) is 0.794. The van der Waals surface area contributed by atoms with Crippen molar-refractivity contribution in [3.05, 3.63) is 28.3 Å². The number of nitrogens with one attached hydrogen (secondary N) is 1. The van der Waals surface area contributed by atoms with Gasteiger partial charge in [0.15, 0.2) is 0 Å². The van der Waals surface area contributed by atoms with Crippen LogP contribution in [0.5, 0.6) is 0 Å². The summed E-state index contributed by atoms with van der Waals surface area (Å²) in [4.78, 5) is 25.8. The second-order valence-corrected chi connectivity index (χ2v) is 5.38. The number of urea groups is 1. The van der Waals surface area contributed by atoms with Gasteiger partial charge in [-0.15, -0.1) is 0 Å². The molecule has 0 unspecified atom stereocenters. The zero-order valence-corrected chi connectivity index (χ0v) is 13.4. The van der Waals surface area contributed by atoms with E-state index in [1.807, 2.05) is 0 Å². The first-order valence-electron chi connectivity index (χ1n) is 7.05. The number of anilines is 1. The largest absolute Gasteiger partial charge is 0.465 e. The van der Waals surface area contributed by atoms with Gasteiger partial charge in [-0.3, -0.25) is 0 Å². The van der Waals surface area contributed by atoms with Crippen LogP contribution in [0.2, 0.25) is 5.02 Å². The van der Waals surface area contributed by atoms with Gasteiger partial charge in [0.25, 0.3) is 0 Å². The summed E-state index contributed by atoms with van der Waals surface area (Å²) in [5.41, 5.74) is 1.39. The molecule has 0 aliphatic carbocycles. The van der Waals surface area contributed by atoms with Gasteiger partial charge in [-0.05, 0) is 31.0 Å². The number of benzene rings is 1. The molecule has 1 aromatic carbocycles. The summed E-state index contributed by atoms with van der Waals surface area (Å²) >= 11 is 6.15. The molecule has 0 radical (unpaired) electrons. The first-order chi connectivity index (χ1) is 10.5. The minimum Gasteiger partial charge on any atom is -0.465 e. The number of methoxy groups -OCH3 is 1. The summed E-state index contributed by atoms with van der Waals surface area (Å²) in [5.74, 6) is -0.465. The minimum absolute atomic E-state index is 0.252. The van der Waals surface area contributed by atoms with Crippen LogP contribution >= 0.6 is 11.6 Å². The Balaban J connectivity index is 2.21. The Kier molecular flexibility index (Phi) is 5.63. The highest BCUT2D eigenvalue weighted by molar-refractivity contribution is 6.34. The lowest BCUT2D eigenvalue weighted by Gasteiger charge is -2.22. The highest BCUT2D eigenvalue weighted by atomic mass is 35.5. The second kappa shape index (κ2) is 7.47. The Labute approximate surface area is 134 Å². The number of hydrogen-bond donors (Lipinski definition) is 1. The van der Waals surface area contributed by atoms with Crippen LogP contribution in [0.25, 0.3) is 0 Å². The van der Waals surface area contributed by atoms with Gasteiger partial charge in [0, 0.05) is 19.7 Å². The average Bonchev–Trinajstić information content (AvgIpc) is 2.80. The van der Waals surface area contributed by atoms with Crippen molar-refractivity contribution >= 4 is 29.3 Å². The van der Waals surface area contributed by atoms with Gasteiger partial charge in [-0.25, -0.2) is 9.59 Å². The number of esters is 1. The van der Waals surface area contributed by atoms with E-state index < -0.39 is 5.97 Å². The molecule has 1 aromatic rings. The first-order valence-corrected chi connectivity index (χ1v) is 7.43. The number of ether oxygens (including phenoxy) is 2. The molecule has 0 spiro atoms. The van der Waals surface area contributed by atoms with Crippen LogP contribution in [0.1, 0.15) is 22.3 Å². The van der Waals surface area contributed by atoms with E-state index in [-0.39, 0.29) is 6.03 Å². The van der Waals surface area contributed by atoms with Crippen molar-refractivity contribution in [2.45, 2.75) is 13.3 Å². The van der Waals surface area contributed by atoms with E-state index in [4.69, 9.17) is 21.1 Å². The molecule has 1 aliphatic heterocycles. The molecular weight excluding hydrogens is 308 g/mol. The molecule has 0 bridgehead atoms. The summed E-state index contributed by atoms with van der Waals surface area (Å²) < 4.78 is 10.1. The predicted molar refractivity (Wildman–Crippen MR) is 83.6 cm³/mol. The van der Waals surface area contributed by atoms with Crippen LogP contribution in [0.15, 0.2) is 12.1 Å². The summed E-state index contributed by atoms with van der Waals surface area (Å²) in [7, 11) is 1.31. The Morgan fingerprint density at radius 1 is 1.32 bits per heavy atom. The number of nitrogens with zero attached hydrogens (tertiary/aromatic N) is 1. The Morgan fingerprint density at radius 2 is 2.09 bits per heavy atom. The van der Waals surface area contributed by atoms with E-state index in [2.05, 4.69) is 5.32 Å². The van der Waals surface area contributed by atoms with Crippen molar-refractivity contribution in [2.75, 3.05) is 38.7 Å². The third-order valence-corrected chi connectivity index (χ3v) is 3.88. The molecule has 0 aromatic heterocycles. The highest BCUT2D eigenvalue weighted by Crippen LogP contribution is 2.29. The van der Waals surface area contributed by atoms with Crippen LogP contribution < -0.4 is 5.32 Å². The molecule has 0 saturated carbocycles. The molecule has 1 N–H and O–H groups in total. The third-order valence-electron chi connectivity index (χ3n) is 3.56. The molecule has 0 atom stereocenters. The second-order valence-electron chi connectivity index (χ2n) is 4.97. The topological polar surface area (TPSA) is 67.9 Å². The van der Waals surface area contributed by atoms with E-state index in [1.54, 1.807) is 24.0 Å². The van der Waals surface area contributed by atoms with Gasteiger partial charge < -0.3 is 19.7 Å². The first kappa shape index (κ1) is 16.6.